The Kier molecular flexibility index (Phi) is 3.33. The van der Waals surface area contributed by atoms with Gasteiger partial charge in [-0.2, -0.15) is 0 Å². The van der Waals surface area contributed by atoms with Gasteiger partial charge in [-0.3, -0.25) is 10.3 Å². The van der Waals surface area contributed by atoms with Crippen LogP contribution in [0.5, 0.6) is 5.75 Å². The second-order valence-electron chi connectivity index (χ2n) is 4.59. The van der Waals surface area contributed by atoms with Crippen molar-refractivity contribution in [2.45, 2.75) is 25.4 Å². The van der Waals surface area contributed by atoms with Crippen LogP contribution >= 0.6 is 0 Å². The summed E-state index contributed by atoms with van der Waals surface area (Å²) < 4.78 is 5.27. The van der Waals surface area contributed by atoms with Crippen molar-refractivity contribution in [1.82, 2.24) is 4.90 Å². The number of amidine groups is 1. The number of nitrogens with zero attached hydrogens (tertiary/aromatic N) is 1. The summed E-state index contributed by atoms with van der Waals surface area (Å²) in [5.41, 5.74) is 7.35. The minimum atomic E-state index is 0.0453. The van der Waals surface area contributed by atoms with Crippen molar-refractivity contribution in [2.24, 2.45) is 5.73 Å². The van der Waals surface area contributed by atoms with Crippen LogP contribution in [0.3, 0.4) is 0 Å². The number of hydrogen-bond donors (Lipinski definition) is 2. The Bertz CT molecular complexity index is 427. The maximum atomic E-state index is 7.46. The molecule has 1 aliphatic carbocycles. The van der Waals surface area contributed by atoms with Gasteiger partial charge in [-0.05, 0) is 37.6 Å². The number of nitrogens with one attached hydrogen (secondary N) is 1. The minimum absolute atomic E-state index is 0.0453. The van der Waals surface area contributed by atoms with Crippen LogP contribution < -0.4 is 10.5 Å². The number of hydrogen-bond acceptors (Lipinski definition) is 3. The molecule has 0 radical (unpaired) electrons. The molecule has 0 unspecified atom stereocenters. The van der Waals surface area contributed by atoms with E-state index in [1.54, 1.807) is 7.11 Å². The van der Waals surface area contributed by atoms with E-state index in [-0.39, 0.29) is 5.84 Å². The van der Waals surface area contributed by atoms with Gasteiger partial charge in [0.15, 0.2) is 0 Å². The Hall–Kier alpha value is -1.55. The van der Waals surface area contributed by atoms with Crippen molar-refractivity contribution in [3.63, 3.8) is 0 Å². The highest BCUT2D eigenvalue weighted by atomic mass is 16.5. The quantitative estimate of drug-likeness (QED) is 0.599. The number of methoxy groups -OCH3 is 1. The zero-order chi connectivity index (χ0) is 12.4. The molecule has 1 aliphatic rings. The first-order valence-corrected chi connectivity index (χ1v) is 5.83. The van der Waals surface area contributed by atoms with E-state index in [0.717, 1.165) is 12.6 Å². The van der Waals surface area contributed by atoms with Gasteiger partial charge in [0.25, 0.3) is 0 Å². The van der Waals surface area contributed by atoms with Crippen LogP contribution in [-0.2, 0) is 6.54 Å². The number of nitrogen functional groups attached to an aromatic ring is 1. The van der Waals surface area contributed by atoms with E-state index in [4.69, 9.17) is 15.9 Å². The van der Waals surface area contributed by atoms with Gasteiger partial charge in [0.1, 0.15) is 11.6 Å². The van der Waals surface area contributed by atoms with Gasteiger partial charge in [0.05, 0.1) is 12.7 Å². The van der Waals surface area contributed by atoms with E-state index < -0.39 is 0 Å². The second-order valence-corrected chi connectivity index (χ2v) is 4.59. The molecule has 1 aromatic rings. The highest BCUT2D eigenvalue weighted by Gasteiger charge is 2.25. The van der Waals surface area contributed by atoms with E-state index in [1.807, 2.05) is 18.2 Å². The van der Waals surface area contributed by atoms with Gasteiger partial charge in [0, 0.05) is 12.6 Å². The first-order valence-electron chi connectivity index (χ1n) is 5.83. The number of nitrogens with two attached hydrogens (primary N) is 1. The van der Waals surface area contributed by atoms with Gasteiger partial charge in [-0.25, -0.2) is 0 Å². The van der Waals surface area contributed by atoms with Crippen LogP contribution in [0, 0.1) is 5.41 Å². The van der Waals surface area contributed by atoms with Crippen molar-refractivity contribution < 1.29 is 4.74 Å². The Labute approximate surface area is 102 Å². The molecule has 0 aliphatic heterocycles. The minimum Gasteiger partial charge on any atom is -0.496 e. The maximum Gasteiger partial charge on any atom is 0.130 e. The predicted molar refractivity (Wildman–Crippen MR) is 68.5 cm³/mol. The molecule has 1 saturated carbocycles. The van der Waals surface area contributed by atoms with Crippen LogP contribution in [0.4, 0.5) is 0 Å². The fourth-order valence-electron chi connectivity index (χ4n) is 1.99. The summed E-state index contributed by atoms with van der Waals surface area (Å²) in [6.45, 7) is 0.916. The van der Waals surface area contributed by atoms with E-state index in [0.29, 0.717) is 11.3 Å². The van der Waals surface area contributed by atoms with Crippen LogP contribution in [0.2, 0.25) is 0 Å². The van der Waals surface area contributed by atoms with Crippen LogP contribution in [0.15, 0.2) is 18.2 Å². The molecule has 4 nitrogen and oxygen atoms in total. The summed E-state index contributed by atoms with van der Waals surface area (Å²) in [6, 6.07) is 6.58. The zero-order valence-corrected chi connectivity index (χ0v) is 10.4. The standard InChI is InChI=1S/C13H19N3O/c1-16(10-4-5-10)8-9-3-6-11(13(14)15)12(7-9)17-2/h3,6-7,10H,4-5,8H2,1-2H3,(H3,14,15). The molecule has 92 valence electrons. The second kappa shape index (κ2) is 4.75. The summed E-state index contributed by atoms with van der Waals surface area (Å²) in [5.74, 6) is 0.725. The summed E-state index contributed by atoms with van der Waals surface area (Å²) in [7, 11) is 3.75. The van der Waals surface area contributed by atoms with Crippen molar-refractivity contribution in [2.75, 3.05) is 14.2 Å². The van der Waals surface area contributed by atoms with E-state index in [9.17, 15) is 0 Å². The highest BCUT2D eigenvalue weighted by Crippen LogP contribution is 2.28. The lowest BCUT2D eigenvalue weighted by Crippen LogP contribution is -2.20. The molecule has 2 rings (SSSR count). The average molecular weight is 233 g/mol. The molecule has 0 atom stereocenters. The van der Waals surface area contributed by atoms with Gasteiger partial charge in [-0.1, -0.05) is 6.07 Å². The predicted octanol–water partition coefficient (Wildman–Crippen LogP) is 1.57. The number of benzene rings is 1. The van der Waals surface area contributed by atoms with Crippen molar-refractivity contribution in [3.8, 4) is 5.75 Å². The van der Waals surface area contributed by atoms with E-state index in [1.165, 1.54) is 18.4 Å². The van der Waals surface area contributed by atoms with Gasteiger partial charge in [-0.15, -0.1) is 0 Å². The normalized spacial score (nSPS) is 15.0. The fourth-order valence-corrected chi connectivity index (χ4v) is 1.99. The van der Waals surface area contributed by atoms with Gasteiger partial charge in [0.2, 0.25) is 0 Å². The Morgan fingerprint density at radius 3 is 2.76 bits per heavy atom. The molecule has 17 heavy (non-hydrogen) atoms. The summed E-state index contributed by atoms with van der Waals surface area (Å²) in [6.07, 6.45) is 2.61. The molecule has 4 heteroatoms. The lowest BCUT2D eigenvalue weighted by atomic mass is 10.1. The zero-order valence-electron chi connectivity index (χ0n) is 10.4. The fraction of sp³-hybridized carbons (Fsp3) is 0.462. The molecule has 0 aromatic heterocycles. The molecule has 3 N–H and O–H groups in total. The Morgan fingerprint density at radius 2 is 2.24 bits per heavy atom. The largest absolute Gasteiger partial charge is 0.496 e. The summed E-state index contributed by atoms with van der Waals surface area (Å²) in [4.78, 5) is 2.35. The van der Waals surface area contributed by atoms with Crippen LogP contribution in [-0.4, -0.2) is 30.9 Å². The average Bonchev–Trinajstić information content (AvgIpc) is 3.12. The maximum absolute atomic E-state index is 7.46. The third kappa shape index (κ3) is 2.77. The van der Waals surface area contributed by atoms with Crippen molar-refractivity contribution in [1.29, 1.82) is 5.41 Å². The summed E-state index contributed by atoms with van der Waals surface area (Å²) in [5, 5.41) is 7.46. The Balaban J connectivity index is 2.15. The smallest absolute Gasteiger partial charge is 0.130 e. The summed E-state index contributed by atoms with van der Waals surface area (Å²) >= 11 is 0. The van der Waals surface area contributed by atoms with Crippen LogP contribution in [0.25, 0.3) is 0 Å². The SMILES string of the molecule is COc1cc(CN(C)C2CC2)ccc1C(=N)N. The van der Waals surface area contributed by atoms with Crippen molar-refractivity contribution >= 4 is 5.84 Å². The Morgan fingerprint density at radius 1 is 1.53 bits per heavy atom. The lowest BCUT2D eigenvalue weighted by Gasteiger charge is -2.17. The molecule has 0 saturated heterocycles. The number of ether oxygens (including phenoxy) is 1. The van der Waals surface area contributed by atoms with Gasteiger partial charge >= 0.3 is 0 Å². The topological polar surface area (TPSA) is 62.3 Å². The van der Waals surface area contributed by atoms with E-state index in [2.05, 4.69) is 11.9 Å². The highest BCUT2D eigenvalue weighted by molar-refractivity contribution is 5.97. The molecule has 1 aromatic carbocycles. The van der Waals surface area contributed by atoms with Crippen molar-refractivity contribution in [3.05, 3.63) is 29.3 Å². The molecule has 0 heterocycles. The molecule has 0 amide bonds. The number of rotatable bonds is 5. The van der Waals surface area contributed by atoms with Crippen LogP contribution in [0.1, 0.15) is 24.0 Å². The van der Waals surface area contributed by atoms with E-state index >= 15 is 0 Å². The third-order valence-electron chi connectivity index (χ3n) is 3.16. The molecular weight excluding hydrogens is 214 g/mol. The van der Waals surface area contributed by atoms with Gasteiger partial charge < -0.3 is 10.5 Å². The molecule has 0 bridgehead atoms. The molecular formula is C13H19N3O. The first-order chi connectivity index (χ1) is 8.11. The molecule has 1 fully saturated rings. The first kappa shape index (κ1) is 11.9. The molecule has 0 spiro atoms. The third-order valence-corrected chi connectivity index (χ3v) is 3.16. The monoisotopic (exact) mass is 233 g/mol. The lowest BCUT2D eigenvalue weighted by molar-refractivity contribution is 0.315.